The number of nitro groups is 1. The van der Waals surface area contributed by atoms with Crippen LogP contribution in [0.15, 0.2) is 24.3 Å². The Kier molecular flexibility index (Phi) is 3.93. The summed E-state index contributed by atoms with van der Waals surface area (Å²) in [6, 6.07) is 6.76. The van der Waals surface area contributed by atoms with Gasteiger partial charge in [-0.15, -0.1) is 0 Å². The molecule has 2 rings (SSSR count). The molecule has 0 saturated carbocycles. The Morgan fingerprint density at radius 2 is 2.17 bits per heavy atom. The van der Waals surface area contributed by atoms with Gasteiger partial charge in [-0.1, -0.05) is 12.1 Å². The maximum absolute atomic E-state index is 10.7. The standard InChI is InChI=1S/C13H18N2O3/c1-13(5-7-18-8-6-13)14-10-11-3-2-4-12(9-11)15(16)17/h2-4,9,14H,5-8,10H2,1H3. The van der Waals surface area contributed by atoms with Crippen LogP contribution in [0.5, 0.6) is 0 Å². The molecule has 1 heterocycles. The lowest BCUT2D eigenvalue weighted by atomic mass is 9.92. The third-order valence-electron chi connectivity index (χ3n) is 3.44. The molecule has 1 aromatic rings. The fourth-order valence-corrected chi connectivity index (χ4v) is 2.09. The first-order valence-electron chi connectivity index (χ1n) is 6.15. The quantitative estimate of drug-likeness (QED) is 0.657. The number of non-ortho nitro benzene ring substituents is 1. The number of nitrogens with one attached hydrogen (secondary N) is 1. The summed E-state index contributed by atoms with van der Waals surface area (Å²) >= 11 is 0. The third-order valence-corrected chi connectivity index (χ3v) is 3.44. The first-order chi connectivity index (χ1) is 8.59. The van der Waals surface area contributed by atoms with Crippen molar-refractivity contribution in [1.82, 2.24) is 5.32 Å². The topological polar surface area (TPSA) is 64.4 Å². The van der Waals surface area contributed by atoms with Crippen molar-refractivity contribution in [2.24, 2.45) is 0 Å². The molecule has 18 heavy (non-hydrogen) atoms. The molecule has 0 amide bonds. The predicted molar refractivity (Wildman–Crippen MR) is 68.4 cm³/mol. The second-order valence-electron chi connectivity index (χ2n) is 4.95. The Bertz CT molecular complexity index is 428. The normalized spacial score (nSPS) is 18.5. The van der Waals surface area contributed by atoms with E-state index in [2.05, 4.69) is 12.2 Å². The molecule has 0 atom stereocenters. The number of hydrogen-bond donors (Lipinski definition) is 1. The second-order valence-corrected chi connectivity index (χ2v) is 4.95. The van der Waals surface area contributed by atoms with Crippen LogP contribution in [-0.4, -0.2) is 23.7 Å². The highest BCUT2D eigenvalue weighted by atomic mass is 16.6. The van der Waals surface area contributed by atoms with E-state index < -0.39 is 0 Å². The Morgan fingerprint density at radius 1 is 1.44 bits per heavy atom. The van der Waals surface area contributed by atoms with E-state index in [0.29, 0.717) is 6.54 Å². The maximum atomic E-state index is 10.7. The van der Waals surface area contributed by atoms with Gasteiger partial charge in [-0.3, -0.25) is 10.1 Å². The van der Waals surface area contributed by atoms with Gasteiger partial charge in [-0.25, -0.2) is 0 Å². The van der Waals surface area contributed by atoms with Gasteiger partial charge in [0.2, 0.25) is 0 Å². The summed E-state index contributed by atoms with van der Waals surface area (Å²) in [5.74, 6) is 0. The monoisotopic (exact) mass is 250 g/mol. The average molecular weight is 250 g/mol. The fourth-order valence-electron chi connectivity index (χ4n) is 2.09. The lowest BCUT2D eigenvalue weighted by Crippen LogP contribution is -2.46. The molecule has 0 bridgehead atoms. The van der Waals surface area contributed by atoms with Gasteiger partial charge in [-0.05, 0) is 25.3 Å². The smallest absolute Gasteiger partial charge is 0.269 e. The number of ether oxygens (including phenoxy) is 1. The van der Waals surface area contributed by atoms with Crippen molar-refractivity contribution in [3.8, 4) is 0 Å². The van der Waals surface area contributed by atoms with Crippen molar-refractivity contribution in [2.45, 2.75) is 31.8 Å². The van der Waals surface area contributed by atoms with Crippen LogP contribution in [0.25, 0.3) is 0 Å². The van der Waals surface area contributed by atoms with Crippen molar-refractivity contribution in [2.75, 3.05) is 13.2 Å². The van der Waals surface area contributed by atoms with Crippen molar-refractivity contribution in [3.05, 3.63) is 39.9 Å². The largest absolute Gasteiger partial charge is 0.381 e. The van der Waals surface area contributed by atoms with Crippen LogP contribution < -0.4 is 5.32 Å². The summed E-state index contributed by atoms with van der Waals surface area (Å²) in [5.41, 5.74) is 1.16. The molecule has 0 aromatic heterocycles. The van der Waals surface area contributed by atoms with Crippen LogP contribution in [0.4, 0.5) is 5.69 Å². The molecule has 1 fully saturated rings. The molecule has 0 unspecified atom stereocenters. The molecule has 5 nitrogen and oxygen atoms in total. The van der Waals surface area contributed by atoms with Gasteiger partial charge in [0.05, 0.1) is 4.92 Å². The Labute approximate surface area is 106 Å². The molecule has 0 radical (unpaired) electrons. The van der Waals surface area contributed by atoms with Crippen LogP contribution in [0.3, 0.4) is 0 Å². The van der Waals surface area contributed by atoms with Crippen LogP contribution in [-0.2, 0) is 11.3 Å². The molecular weight excluding hydrogens is 232 g/mol. The minimum Gasteiger partial charge on any atom is -0.381 e. The second kappa shape index (κ2) is 5.46. The summed E-state index contributed by atoms with van der Waals surface area (Å²) < 4.78 is 5.34. The van der Waals surface area contributed by atoms with E-state index in [1.807, 2.05) is 6.07 Å². The van der Waals surface area contributed by atoms with Gasteiger partial charge in [0, 0.05) is 37.4 Å². The minimum absolute atomic E-state index is 0.0723. The Hall–Kier alpha value is -1.46. The number of nitrogens with zero attached hydrogens (tertiary/aromatic N) is 1. The van der Waals surface area contributed by atoms with E-state index in [4.69, 9.17) is 4.74 Å². The van der Waals surface area contributed by atoms with Crippen LogP contribution in [0.2, 0.25) is 0 Å². The zero-order valence-corrected chi connectivity index (χ0v) is 10.5. The number of benzene rings is 1. The maximum Gasteiger partial charge on any atom is 0.269 e. The van der Waals surface area contributed by atoms with Gasteiger partial charge >= 0.3 is 0 Å². The molecule has 5 heteroatoms. The fraction of sp³-hybridized carbons (Fsp3) is 0.538. The van der Waals surface area contributed by atoms with Crippen LogP contribution >= 0.6 is 0 Å². The van der Waals surface area contributed by atoms with Crippen molar-refractivity contribution < 1.29 is 9.66 Å². The number of hydrogen-bond acceptors (Lipinski definition) is 4. The van der Waals surface area contributed by atoms with E-state index in [0.717, 1.165) is 31.6 Å². The molecule has 1 aromatic carbocycles. The zero-order chi connectivity index (χ0) is 13.0. The SMILES string of the molecule is CC1(NCc2cccc([N+](=O)[O-])c2)CCOCC1. The van der Waals surface area contributed by atoms with Gasteiger partial charge < -0.3 is 10.1 Å². The summed E-state index contributed by atoms with van der Waals surface area (Å²) in [5, 5.41) is 14.2. The van der Waals surface area contributed by atoms with Gasteiger partial charge in [0.15, 0.2) is 0 Å². The first kappa shape index (κ1) is 13.0. The highest BCUT2D eigenvalue weighted by molar-refractivity contribution is 5.34. The summed E-state index contributed by atoms with van der Waals surface area (Å²) in [7, 11) is 0. The molecule has 1 N–H and O–H groups in total. The van der Waals surface area contributed by atoms with Crippen molar-refractivity contribution in [3.63, 3.8) is 0 Å². The molecule has 1 aliphatic heterocycles. The zero-order valence-electron chi connectivity index (χ0n) is 10.5. The summed E-state index contributed by atoms with van der Waals surface area (Å²) in [6.07, 6.45) is 1.95. The Balaban J connectivity index is 1.97. The molecule has 1 aliphatic rings. The molecule has 0 spiro atoms. The third kappa shape index (κ3) is 3.27. The van der Waals surface area contributed by atoms with E-state index in [1.165, 1.54) is 6.07 Å². The predicted octanol–water partition coefficient (Wildman–Crippen LogP) is 2.25. The Morgan fingerprint density at radius 3 is 2.83 bits per heavy atom. The van der Waals surface area contributed by atoms with E-state index in [9.17, 15) is 10.1 Å². The lowest BCUT2D eigenvalue weighted by Gasteiger charge is -2.34. The molecule has 98 valence electrons. The van der Waals surface area contributed by atoms with E-state index in [1.54, 1.807) is 12.1 Å². The number of rotatable bonds is 4. The highest BCUT2D eigenvalue weighted by Crippen LogP contribution is 2.21. The molecular formula is C13H18N2O3. The highest BCUT2D eigenvalue weighted by Gasteiger charge is 2.26. The van der Waals surface area contributed by atoms with Gasteiger partial charge in [-0.2, -0.15) is 0 Å². The molecule has 1 saturated heterocycles. The first-order valence-corrected chi connectivity index (χ1v) is 6.15. The summed E-state index contributed by atoms with van der Waals surface area (Å²) in [4.78, 5) is 10.3. The summed E-state index contributed by atoms with van der Waals surface area (Å²) in [6.45, 7) is 4.38. The van der Waals surface area contributed by atoms with Gasteiger partial charge in [0.1, 0.15) is 0 Å². The molecule has 0 aliphatic carbocycles. The van der Waals surface area contributed by atoms with Crippen LogP contribution in [0.1, 0.15) is 25.3 Å². The average Bonchev–Trinajstić information content (AvgIpc) is 2.38. The van der Waals surface area contributed by atoms with E-state index in [-0.39, 0.29) is 16.1 Å². The van der Waals surface area contributed by atoms with E-state index >= 15 is 0 Å². The minimum atomic E-state index is -0.361. The lowest BCUT2D eigenvalue weighted by molar-refractivity contribution is -0.384. The van der Waals surface area contributed by atoms with Crippen molar-refractivity contribution >= 4 is 5.69 Å². The van der Waals surface area contributed by atoms with Crippen LogP contribution in [0, 0.1) is 10.1 Å². The van der Waals surface area contributed by atoms with Gasteiger partial charge in [0.25, 0.3) is 5.69 Å². The van der Waals surface area contributed by atoms with Crippen molar-refractivity contribution in [1.29, 1.82) is 0 Å². The number of nitro benzene ring substituents is 1.